The minimum Gasteiger partial charge on any atom is -0.494 e. The number of aromatic nitrogens is 1. The van der Waals surface area contributed by atoms with Crippen molar-refractivity contribution in [3.63, 3.8) is 0 Å². The Kier molecular flexibility index (Phi) is 5.21. The molecule has 0 spiro atoms. The van der Waals surface area contributed by atoms with E-state index in [-0.39, 0.29) is 5.88 Å². The molecule has 1 aliphatic heterocycles. The van der Waals surface area contributed by atoms with Crippen LogP contribution in [0.15, 0.2) is 48.7 Å². The van der Waals surface area contributed by atoms with Gasteiger partial charge in [0.1, 0.15) is 6.61 Å². The Morgan fingerprint density at radius 2 is 1.81 bits per heavy atom. The molecule has 0 atom stereocenters. The van der Waals surface area contributed by atoms with E-state index in [1.165, 1.54) is 19.3 Å². The van der Waals surface area contributed by atoms with Crippen LogP contribution in [0.25, 0.3) is 16.5 Å². The van der Waals surface area contributed by atoms with Gasteiger partial charge < -0.3 is 14.6 Å². The van der Waals surface area contributed by atoms with Crippen molar-refractivity contribution in [2.24, 2.45) is 0 Å². The largest absolute Gasteiger partial charge is 0.494 e. The van der Waals surface area contributed by atoms with Gasteiger partial charge >= 0.3 is 0 Å². The molecule has 27 heavy (non-hydrogen) atoms. The number of piperidine rings is 1. The molecule has 1 N–H and O–H groups in total. The van der Waals surface area contributed by atoms with Gasteiger partial charge in [-0.05, 0) is 44.1 Å². The highest BCUT2D eigenvalue weighted by Crippen LogP contribution is 2.34. The van der Waals surface area contributed by atoms with Gasteiger partial charge in [-0.15, -0.1) is 0 Å². The number of hydrogen-bond donors (Lipinski definition) is 1. The Morgan fingerprint density at radius 3 is 2.59 bits per heavy atom. The summed E-state index contributed by atoms with van der Waals surface area (Å²) in [4.78, 5) is 2.45. The highest BCUT2D eigenvalue weighted by atomic mass is 16.5. The minimum atomic E-state index is 0.232. The summed E-state index contributed by atoms with van der Waals surface area (Å²) in [7, 11) is 1.65. The Labute approximate surface area is 159 Å². The molecule has 1 aromatic heterocycles. The van der Waals surface area contributed by atoms with E-state index in [2.05, 4.69) is 4.90 Å². The van der Waals surface area contributed by atoms with Gasteiger partial charge in [0, 0.05) is 29.6 Å². The van der Waals surface area contributed by atoms with Crippen LogP contribution >= 0.6 is 0 Å². The van der Waals surface area contributed by atoms with Crippen LogP contribution < -0.4 is 9.47 Å². The number of ether oxygens (including phenoxy) is 2. The second-order valence-corrected chi connectivity index (χ2v) is 7.00. The van der Waals surface area contributed by atoms with Crippen molar-refractivity contribution in [2.45, 2.75) is 19.3 Å². The number of hydrogen-bond acceptors (Lipinski definition) is 4. The summed E-state index contributed by atoms with van der Waals surface area (Å²) in [6.45, 7) is 3.86. The zero-order valence-corrected chi connectivity index (χ0v) is 15.7. The standard InChI is InChI=1S/C22H26N2O3/c1-26-20-10-9-18(24-16-17-7-3-4-8-19(17)22(24)25)15-21(20)27-14-13-23-11-5-2-6-12-23/h3-4,7-10,15-16,25H,2,5-6,11-14H2,1H3. The Bertz CT molecular complexity index is 913. The maximum Gasteiger partial charge on any atom is 0.203 e. The van der Waals surface area contributed by atoms with Crippen LogP contribution in [0.1, 0.15) is 19.3 Å². The van der Waals surface area contributed by atoms with Crippen LogP contribution in [0, 0.1) is 0 Å². The summed E-state index contributed by atoms with van der Waals surface area (Å²) in [6.07, 6.45) is 5.82. The molecule has 0 radical (unpaired) electrons. The quantitative estimate of drug-likeness (QED) is 0.710. The normalized spacial score (nSPS) is 15.1. The van der Waals surface area contributed by atoms with E-state index in [0.717, 1.165) is 36.1 Å². The van der Waals surface area contributed by atoms with E-state index in [1.807, 2.05) is 48.7 Å². The van der Waals surface area contributed by atoms with Crippen molar-refractivity contribution < 1.29 is 14.6 Å². The molecule has 142 valence electrons. The first-order valence-electron chi connectivity index (χ1n) is 9.59. The minimum absolute atomic E-state index is 0.232. The zero-order chi connectivity index (χ0) is 18.6. The molecule has 2 heterocycles. The molecule has 0 aliphatic carbocycles. The fraction of sp³-hybridized carbons (Fsp3) is 0.364. The third-order valence-electron chi connectivity index (χ3n) is 5.24. The summed E-state index contributed by atoms with van der Waals surface area (Å²) < 4.78 is 13.3. The average molecular weight is 366 g/mol. The molecule has 4 rings (SSSR count). The molecule has 1 fully saturated rings. The van der Waals surface area contributed by atoms with Crippen LogP contribution in [0.4, 0.5) is 0 Å². The van der Waals surface area contributed by atoms with Crippen LogP contribution in [0.3, 0.4) is 0 Å². The monoisotopic (exact) mass is 366 g/mol. The summed E-state index contributed by atoms with van der Waals surface area (Å²) >= 11 is 0. The van der Waals surface area contributed by atoms with Crippen LogP contribution in [0.5, 0.6) is 17.4 Å². The van der Waals surface area contributed by atoms with Crippen molar-refractivity contribution in [2.75, 3.05) is 33.4 Å². The van der Waals surface area contributed by atoms with Crippen molar-refractivity contribution in [3.8, 4) is 23.1 Å². The van der Waals surface area contributed by atoms with Gasteiger partial charge in [0.2, 0.25) is 5.88 Å². The number of likely N-dealkylation sites (tertiary alicyclic amines) is 1. The highest BCUT2D eigenvalue weighted by molar-refractivity contribution is 5.88. The van der Waals surface area contributed by atoms with Gasteiger partial charge in [-0.2, -0.15) is 0 Å². The molecule has 5 heteroatoms. The summed E-state index contributed by atoms with van der Waals surface area (Å²) in [5, 5.41) is 12.4. The molecular formula is C22H26N2O3. The van der Waals surface area contributed by atoms with E-state index < -0.39 is 0 Å². The summed E-state index contributed by atoms with van der Waals surface area (Å²) in [5.74, 6) is 1.63. The maximum absolute atomic E-state index is 10.6. The highest BCUT2D eigenvalue weighted by Gasteiger charge is 2.14. The van der Waals surface area contributed by atoms with Crippen molar-refractivity contribution >= 4 is 10.8 Å². The maximum atomic E-state index is 10.6. The zero-order valence-electron chi connectivity index (χ0n) is 15.7. The average Bonchev–Trinajstić information content (AvgIpc) is 3.06. The Hall–Kier alpha value is -2.66. The predicted molar refractivity (Wildman–Crippen MR) is 107 cm³/mol. The van der Waals surface area contributed by atoms with Gasteiger partial charge in [-0.3, -0.25) is 9.47 Å². The molecular weight excluding hydrogens is 340 g/mol. The first-order chi connectivity index (χ1) is 13.3. The number of methoxy groups -OCH3 is 1. The van der Waals surface area contributed by atoms with Gasteiger partial charge in [-0.1, -0.05) is 24.6 Å². The number of nitrogens with zero attached hydrogens (tertiary/aromatic N) is 2. The predicted octanol–water partition coefficient (Wildman–Crippen LogP) is 4.21. The number of benzene rings is 2. The molecule has 0 unspecified atom stereocenters. The number of fused-ring (bicyclic) bond motifs is 1. The van der Waals surface area contributed by atoms with Crippen LogP contribution in [-0.4, -0.2) is 47.9 Å². The van der Waals surface area contributed by atoms with Gasteiger partial charge in [0.25, 0.3) is 0 Å². The SMILES string of the molecule is COc1ccc(-n2cc3ccccc3c2O)cc1OCCN1CCCCC1. The molecule has 0 saturated carbocycles. The third-order valence-corrected chi connectivity index (χ3v) is 5.24. The lowest BCUT2D eigenvalue weighted by Gasteiger charge is -2.26. The van der Waals surface area contributed by atoms with E-state index in [1.54, 1.807) is 11.7 Å². The van der Waals surface area contributed by atoms with Gasteiger partial charge in [0.15, 0.2) is 11.5 Å². The molecule has 0 amide bonds. The lowest BCUT2D eigenvalue weighted by atomic mass is 10.1. The molecule has 5 nitrogen and oxygen atoms in total. The van der Waals surface area contributed by atoms with Crippen molar-refractivity contribution in [1.29, 1.82) is 0 Å². The van der Waals surface area contributed by atoms with E-state index >= 15 is 0 Å². The third kappa shape index (κ3) is 3.74. The lowest BCUT2D eigenvalue weighted by Crippen LogP contribution is -2.33. The van der Waals surface area contributed by atoms with Crippen molar-refractivity contribution in [3.05, 3.63) is 48.7 Å². The summed E-state index contributed by atoms with van der Waals surface area (Å²) in [6, 6.07) is 13.5. The van der Waals surface area contributed by atoms with E-state index in [9.17, 15) is 5.11 Å². The molecule has 0 bridgehead atoms. The van der Waals surface area contributed by atoms with Gasteiger partial charge in [-0.25, -0.2) is 0 Å². The molecule has 3 aromatic rings. The fourth-order valence-corrected chi connectivity index (χ4v) is 3.74. The Morgan fingerprint density at radius 1 is 1.00 bits per heavy atom. The number of rotatable bonds is 6. The van der Waals surface area contributed by atoms with Crippen molar-refractivity contribution in [1.82, 2.24) is 9.47 Å². The second kappa shape index (κ2) is 7.92. The molecule has 1 saturated heterocycles. The van der Waals surface area contributed by atoms with E-state index in [4.69, 9.17) is 9.47 Å². The van der Waals surface area contributed by atoms with Crippen LogP contribution in [0.2, 0.25) is 0 Å². The van der Waals surface area contributed by atoms with E-state index in [0.29, 0.717) is 18.1 Å². The van der Waals surface area contributed by atoms with Crippen LogP contribution in [-0.2, 0) is 0 Å². The lowest BCUT2D eigenvalue weighted by molar-refractivity contribution is 0.180. The molecule has 2 aromatic carbocycles. The summed E-state index contributed by atoms with van der Waals surface area (Å²) in [5.41, 5.74) is 0.845. The van der Waals surface area contributed by atoms with Gasteiger partial charge in [0.05, 0.1) is 12.8 Å². The smallest absolute Gasteiger partial charge is 0.203 e. The second-order valence-electron chi connectivity index (χ2n) is 7.00. The number of aromatic hydroxyl groups is 1. The fourth-order valence-electron chi connectivity index (χ4n) is 3.74. The Balaban J connectivity index is 1.55. The first-order valence-corrected chi connectivity index (χ1v) is 9.59. The first kappa shape index (κ1) is 17.7. The topological polar surface area (TPSA) is 46.9 Å². The molecule has 1 aliphatic rings.